The van der Waals surface area contributed by atoms with Crippen LogP contribution < -0.4 is 10.1 Å². The molecule has 3 rings (SSSR count). The van der Waals surface area contributed by atoms with Crippen LogP contribution in [0.1, 0.15) is 6.42 Å². The molecular formula is C17H17Cl2N3O5S. The summed E-state index contributed by atoms with van der Waals surface area (Å²) in [5, 5.41) is 14.9. The number of nitro benzene ring substituents is 1. The molecule has 0 saturated carbocycles. The zero-order valence-corrected chi connectivity index (χ0v) is 16.9. The fourth-order valence-corrected chi connectivity index (χ4v) is 4.93. The van der Waals surface area contributed by atoms with Gasteiger partial charge >= 0.3 is 0 Å². The van der Waals surface area contributed by atoms with E-state index in [0.717, 1.165) is 6.07 Å². The lowest BCUT2D eigenvalue weighted by atomic mass is 10.3. The summed E-state index contributed by atoms with van der Waals surface area (Å²) >= 11 is 11.9. The predicted molar refractivity (Wildman–Crippen MR) is 106 cm³/mol. The second kappa shape index (κ2) is 8.62. The first-order chi connectivity index (χ1) is 13.3. The molecule has 28 heavy (non-hydrogen) atoms. The Labute approximate surface area is 172 Å². The lowest BCUT2D eigenvalue weighted by molar-refractivity contribution is -0.385. The molecule has 8 nitrogen and oxygen atoms in total. The molecule has 0 aromatic heterocycles. The van der Waals surface area contributed by atoms with Gasteiger partial charge in [-0.25, -0.2) is 8.42 Å². The topological polar surface area (TPSA) is 102 Å². The molecule has 11 heteroatoms. The van der Waals surface area contributed by atoms with Crippen LogP contribution >= 0.6 is 23.2 Å². The molecule has 2 aromatic carbocycles. The van der Waals surface area contributed by atoms with E-state index in [1.165, 1.54) is 34.6 Å². The third kappa shape index (κ3) is 4.73. The minimum absolute atomic E-state index is 0.0406. The largest absolute Gasteiger partial charge is 0.456 e. The quantitative estimate of drug-likeness (QED) is 0.556. The Hall–Kier alpha value is -1.91. The van der Waals surface area contributed by atoms with Gasteiger partial charge in [0.15, 0.2) is 0 Å². The summed E-state index contributed by atoms with van der Waals surface area (Å²) in [4.78, 5) is 10.3. The predicted octanol–water partition coefficient (Wildman–Crippen LogP) is 3.68. The zero-order chi connectivity index (χ0) is 20.3. The van der Waals surface area contributed by atoms with Crippen LogP contribution in [0.5, 0.6) is 11.5 Å². The first-order valence-electron chi connectivity index (χ1n) is 8.40. The highest BCUT2D eigenvalue weighted by Gasteiger charge is 2.30. The van der Waals surface area contributed by atoms with Crippen LogP contribution in [0, 0.1) is 10.1 Å². The third-order valence-electron chi connectivity index (χ3n) is 4.12. The summed E-state index contributed by atoms with van der Waals surface area (Å²) in [5.41, 5.74) is -0.344. The molecule has 0 spiro atoms. The number of hydrogen-bond donors (Lipinski definition) is 1. The fraction of sp³-hybridized carbons (Fsp3) is 0.294. The SMILES string of the molecule is O=[N+]([O-])c1ccc(Oc2cc(Cl)cc(Cl)c2)c(S(=O)(=O)N2CCCNCC2)c1. The van der Waals surface area contributed by atoms with Crippen LogP contribution in [0.3, 0.4) is 0 Å². The molecule has 0 aliphatic carbocycles. The number of non-ortho nitro benzene ring substituents is 1. The Morgan fingerprint density at radius 2 is 1.79 bits per heavy atom. The van der Waals surface area contributed by atoms with Gasteiger partial charge in [0.2, 0.25) is 10.0 Å². The molecule has 1 saturated heterocycles. The van der Waals surface area contributed by atoms with Crippen molar-refractivity contribution in [3.05, 3.63) is 56.6 Å². The van der Waals surface area contributed by atoms with Gasteiger partial charge in [0.05, 0.1) is 4.92 Å². The molecule has 0 amide bonds. The molecule has 1 heterocycles. The molecular weight excluding hydrogens is 429 g/mol. The fourth-order valence-electron chi connectivity index (χ4n) is 2.81. The molecule has 0 atom stereocenters. The van der Waals surface area contributed by atoms with Gasteiger partial charge in [-0.1, -0.05) is 23.2 Å². The monoisotopic (exact) mass is 445 g/mol. The van der Waals surface area contributed by atoms with E-state index >= 15 is 0 Å². The molecule has 150 valence electrons. The second-order valence-electron chi connectivity index (χ2n) is 6.10. The van der Waals surface area contributed by atoms with Gasteiger partial charge < -0.3 is 10.1 Å². The van der Waals surface area contributed by atoms with Crippen molar-refractivity contribution in [3.8, 4) is 11.5 Å². The van der Waals surface area contributed by atoms with Gasteiger partial charge in [0.1, 0.15) is 16.4 Å². The summed E-state index contributed by atoms with van der Waals surface area (Å²) in [6.07, 6.45) is 0.633. The number of nitrogens with zero attached hydrogens (tertiary/aromatic N) is 2. The molecule has 0 radical (unpaired) electrons. The van der Waals surface area contributed by atoms with Crippen molar-refractivity contribution in [1.29, 1.82) is 0 Å². The second-order valence-corrected chi connectivity index (χ2v) is 8.88. The minimum Gasteiger partial charge on any atom is -0.456 e. The van der Waals surface area contributed by atoms with E-state index in [4.69, 9.17) is 27.9 Å². The van der Waals surface area contributed by atoms with E-state index in [0.29, 0.717) is 36.1 Å². The van der Waals surface area contributed by atoms with Crippen LogP contribution in [0.15, 0.2) is 41.3 Å². The first kappa shape index (κ1) is 20.8. The maximum atomic E-state index is 13.2. The Balaban J connectivity index is 2.06. The van der Waals surface area contributed by atoms with Crippen molar-refractivity contribution in [2.75, 3.05) is 26.2 Å². The standard InChI is InChI=1S/C17H17Cl2N3O5S/c18-12-8-13(19)10-15(9-12)27-16-3-2-14(22(23)24)11-17(16)28(25,26)21-6-1-4-20-5-7-21/h2-3,8-11,20H,1,4-7H2. The number of ether oxygens (including phenoxy) is 1. The number of benzene rings is 2. The van der Waals surface area contributed by atoms with Crippen LogP contribution in [0.2, 0.25) is 10.0 Å². The van der Waals surface area contributed by atoms with Gasteiger partial charge in [-0.05, 0) is 37.2 Å². The molecule has 2 aromatic rings. The smallest absolute Gasteiger partial charge is 0.271 e. The van der Waals surface area contributed by atoms with Crippen LogP contribution in [-0.2, 0) is 10.0 Å². The Morgan fingerprint density at radius 1 is 1.07 bits per heavy atom. The van der Waals surface area contributed by atoms with Crippen LogP contribution in [0.4, 0.5) is 5.69 Å². The van der Waals surface area contributed by atoms with Gasteiger partial charge in [-0.15, -0.1) is 0 Å². The minimum atomic E-state index is -4.01. The first-order valence-corrected chi connectivity index (χ1v) is 10.6. The van der Waals surface area contributed by atoms with Crippen molar-refractivity contribution < 1.29 is 18.1 Å². The van der Waals surface area contributed by atoms with Gasteiger partial charge in [0, 0.05) is 41.8 Å². The van der Waals surface area contributed by atoms with Crippen LogP contribution in [0.25, 0.3) is 0 Å². The Morgan fingerprint density at radius 3 is 2.46 bits per heavy atom. The lowest BCUT2D eigenvalue weighted by Crippen LogP contribution is -2.34. The van der Waals surface area contributed by atoms with E-state index in [1.807, 2.05) is 0 Å². The average Bonchev–Trinajstić information content (AvgIpc) is 2.91. The number of halogens is 2. The molecule has 1 aliphatic rings. The molecule has 0 bridgehead atoms. The number of sulfonamides is 1. The zero-order valence-electron chi connectivity index (χ0n) is 14.6. The van der Waals surface area contributed by atoms with E-state index in [9.17, 15) is 18.5 Å². The average molecular weight is 446 g/mol. The number of nitrogens with one attached hydrogen (secondary N) is 1. The van der Waals surface area contributed by atoms with Gasteiger partial charge in [-0.2, -0.15) is 4.31 Å². The summed E-state index contributed by atoms with van der Waals surface area (Å²) in [6, 6.07) is 7.91. The van der Waals surface area contributed by atoms with E-state index in [-0.39, 0.29) is 28.6 Å². The van der Waals surface area contributed by atoms with Gasteiger partial charge in [-0.3, -0.25) is 10.1 Å². The number of rotatable bonds is 5. The lowest BCUT2D eigenvalue weighted by Gasteiger charge is -2.21. The maximum Gasteiger partial charge on any atom is 0.271 e. The normalized spacial score (nSPS) is 15.8. The Kier molecular flexibility index (Phi) is 6.41. The number of nitro groups is 1. The molecule has 1 aliphatic heterocycles. The molecule has 1 N–H and O–H groups in total. The summed E-state index contributed by atoms with van der Waals surface area (Å²) in [6.45, 7) is 1.76. The van der Waals surface area contributed by atoms with Crippen molar-refractivity contribution >= 4 is 38.9 Å². The highest BCUT2D eigenvalue weighted by Crippen LogP contribution is 2.35. The van der Waals surface area contributed by atoms with Crippen molar-refractivity contribution in [2.45, 2.75) is 11.3 Å². The van der Waals surface area contributed by atoms with E-state index in [1.54, 1.807) is 0 Å². The summed E-state index contributed by atoms with van der Waals surface area (Å²) in [5.74, 6) is 0.182. The highest BCUT2D eigenvalue weighted by atomic mass is 35.5. The van der Waals surface area contributed by atoms with Crippen LogP contribution in [-0.4, -0.2) is 43.8 Å². The van der Waals surface area contributed by atoms with Gasteiger partial charge in [0.25, 0.3) is 5.69 Å². The van der Waals surface area contributed by atoms with Crippen molar-refractivity contribution in [2.24, 2.45) is 0 Å². The highest BCUT2D eigenvalue weighted by molar-refractivity contribution is 7.89. The molecule has 1 fully saturated rings. The van der Waals surface area contributed by atoms with Crippen molar-refractivity contribution in [1.82, 2.24) is 9.62 Å². The molecule has 0 unspecified atom stereocenters. The van der Waals surface area contributed by atoms with E-state index < -0.39 is 14.9 Å². The number of hydrogen-bond acceptors (Lipinski definition) is 6. The Bertz CT molecular complexity index is 972. The van der Waals surface area contributed by atoms with E-state index in [2.05, 4.69) is 5.32 Å². The summed E-state index contributed by atoms with van der Waals surface area (Å²) in [7, 11) is -4.01. The van der Waals surface area contributed by atoms with Crippen molar-refractivity contribution in [3.63, 3.8) is 0 Å². The summed E-state index contributed by atoms with van der Waals surface area (Å²) < 4.78 is 33.4. The third-order valence-corrected chi connectivity index (χ3v) is 6.48. The maximum absolute atomic E-state index is 13.2.